The van der Waals surface area contributed by atoms with Crippen LogP contribution in [-0.4, -0.2) is 41.5 Å². The Morgan fingerprint density at radius 1 is 1.07 bits per heavy atom. The average Bonchev–Trinajstić information content (AvgIpc) is 2.71. The zero-order chi connectivity index (χ0) is 21.0. The first-order valence-electron chi connectivity index (χ1n) is 9.21. The van der Waals surface area contributed by atoms with Gasteiger partial charge < -0.3 is 5.32 Å². The summed E-state index contributed by atoms with van der Waals surface area (Å²) < 4.78 is 27.9. The maximum atomic E-state index is 12.5. The fourth-order valence-electron chi connectivity index (χ4n) is 3.05. The van der Waals surface area contributed by atoms with Crippen LogP contribution in [0.15, 0.2) is 64.4 Å². The van der Waals surface area contributed by atoms with E-state index >= 15 is 0 Å². The van der Waals surface area contributed by atoms with Crippen molar-refractivity contribution in [2.45, 2.75) is 25.3 Å². The highest BCUT2D eigenvalue weighted by molar-refractivity contribution is 7.89. The number of benzene rings is 2. The Labute approximate surface area is 168 Å². The van der Waals surface area contributed by atoms with Gasteiger partial charge in [-0.05, 0) is 36.4 Å². The van der Waals surface area contributed by atoms with Crippen LogP contribution >= 0.6 is 0 Å². The Morgan fingerprint density at radius 2 is 1.72 bits per heavy atom. The largest absolute Gasteiger partial charge is 0.324 e. The number of sulfonamides is 1. The van der Waals surface area contributed by atoms with E-state index in [1.807, 2.05) is 0 Å². The minimum Gasteiger partial charge on any atom is -0.324 e. The summed E-state index contributed by atoms with van der Waals surface area (Å²) in [6.07, 6.45) is 1.18. The maximum Gasteiger partial charge on any atom is 0.246 e. The molecule has 3 rings (SSSR count). The molecule has 1 heterocycles. The number of carbonyl (C=O) groups excluding carboxylic acids is 1. The van der Waals surface area contributed by atoms with Crippen LogP contribution in [0.2, 0.25) is 0 Å². The predicted octanol–water partition coefficient (Wildman–Crippen LogP) is 2.07. The molecule has 0 radical (unpaired) electrons. The topological polar surface area (TPSA) is 101 Å². The van der Waals surface area contributed by atoms with Crippen LogP contribution in [-0.2, 0) is 21.4 Å². The Balaban J connectivity index is 1.76. The molecule has 0 spiro atoms. The Bertz CT molecular complexity index is 1180. The number of nitrogens with zero attached hydrogens (tertiary/aromatic N) is 3. The van der Waals surface area contributed by atoms with E-state index in [0.717, 1.165) is 0 Å². The number of fused-ring (bicyclic) bond motifs is 1. The number of hydrogen-bond acceptors (Lipinski definition) is 5. The van der Waals surface area contributed by atoms with E-state index in [1.165, 1.54) is 27.3 Å². The number of amides is 1. The zero-order valence-corrected chi connectivity index (χ0v) is 17.0. The third-order valence-corrected chi connectivity index (χ3v) is 6.60. The number of nitrogens with one attached hydrogen (secondary N) is 1. The zero-order valence-electron chi connectivity index (χ0n) is 16.2. The molecule has 1 amide bonds. The van der Waals surface area contributed by atoms with Crippen LogP contribution in [0.3, 0.4) is 0 Å². The molecular weight excluding hydrogens is 392 g/mol. The van der Waals surface area contributed by atoms with Gasteiger partial charge in [-0.2, -0.15) is 9.40 Å². The Hall–Kier alpha value is -3.04. The summed E-state index contributed by atoms with van der Waals surface area (Å²) in [5.41, 5.74) is 0.830. The van der Waals surface area contributed by atoms with Gasteiger partial charge in [-0.15, -0.1) is 0 Å². The van der Waals surface area contributed by atoms with E-state index in [-0.39, 0.29) is 22.8 Å². The van der Waals surface area contributed by atoms with Gasteiger partial charge in [0.2, 0.25) is 21.4 Å². The van der Waals surface area contributed by atoms with Gasteiger partial charge in [0.15, 0.2) is 0 Å². The van der Waals surface area contributed by atoms with Crippen molar-refractivity contribution in [2.24, 2.45) is 0 Å². The van der Waals surface area contributed by atoms with Gasteiger partial charge in [-0.3, -0.25) is 14.3 Å². The van der Waals surface area contributed by atoms with Crippen molar-refractivity contribution in [3.8, 4) is 0 Å². The lowest BCUT2D eigenvalue weighted by atomic mass is 10.2. The first-order valence-corrected chi connectivity index (χ1v) is 10.7. The summed E-state index contributed by atoms with van der Waals surface area (Å²) in [5, 5.41) is 7.24. The van der Waals surface area contributed by atoms with Gasteiger partial charge >= 0.3 is 0 Å². The monoisotopic (exact) mass is 414 g/mol. The van der Waals surface area contributed by atoms with Gasteiger partial charge in [0, 0.05) is 24.2 Å². The number of aromatic nitrogens is 2. The SMILES string of the molecule is CCN(CC)S(=O)(=O)c1ccc(NC(=O)Cn2ncc(=O)c3ccccc32)cc1. The van der Waals surface area contributed by atoms with E-state index in [0.29, 0.717) is 29.7 Å². The van der Waals surface area contributed by atoms with E-state index < -0.39 is 10.0 Å². The van der Waals surface area contributed by atoms with Crippen molar-refractivity contribution in [2.75, 3.05) is 18.4 Å². The summed E-state index contributed by atoms with van der Waals surface area (Å²) in [6.45, 7) is 4.25. The van der Waals surface area contributed by atoms with Gasteiger partial charge in [-0.1, -0.05) is 26.0 Å². The first-order chi connectivity index (χ1) is 13.9. The molecule has 0 aliphatic rings. The summed E-state index contributed by atoms with van der Waals surface area (Å²) in [5.74, 6) is -0.342. The van der Waals surface area contributed by atoms with E-state index in [1.54, 1.807) is 50.2 Å². The van der Waals surface area contributed by atoms with Crippen LogP contribution in [0.4, 0.5) is 5.69 Å². The molecule has 0 unspecified atom stereocenters. The minimum atomic E-state index is -3.55. The summed E-state index contributed by atoms with van der Waals surface area (Å²) in [7, 11) is -3.55. The number of hydrogen-bond donors (Lipinski definition) is 1. The standard InChI is InChI=1S/C20H22N4O4S/c1-3-23(4-2)29(27,28)16-11-9-15(10-12-16)22-20(26)14-24-18-8-6-5-7-17(18)19(25)13-21-24/h5-13H,3-4,14H2,1-2H3,(H,22,26). The lowest BCUT2D eigenvalue weighted by molar-refractivity contribution is -0.116. The lowest BCUT2D eigenvalue weighted by Gasteiger charge is -2.18. The molecule has 8 nitrogen and oxygen atoms in total. The van der Waals surface area contributed by atoms with Crippen molar-refractivity contribution >= 4 is 32.5 Å². The molecule has 9 heteroatoms. The molecule has 152 valence electrons. The predicted molar refractivity (Wildman–Crippen MR) is 111 cm³/mol. The molecule has 29 heavy (non-hydrogen) atoms. The fourth-order valence-corrected chi connectivity index (χ4v) is 4.50. The molecule has 1 aromatic heterocycles. The smallest absolute Gasteiger partial charge is 0.246 e. The Morgan fingerprint density at radius 3 is 2.38 bits per heavy atom. The van der Waals surface area contributed by atoms with Crippen LogP contribution in [0.5, 0.6) is 0 Å². The van der Waals surface area contributed by atoms with Gasteiger partial charge in [-0.25, -0.2) is 8.42 Å². The Kier molecular flexibility index (Phi) is 6.09. The molecule has 0 aliphatic carbocycles. The number of anilines is 1. The molecule has 0 bridgehead atoms. The van der Waals surface area contributed by atoms with Crippen LogP contribution in [0.1, 0.15) is 13.8 Å². The second-order valence-corrected chi connectivity index (χ2v) is 8.28. The lowest BCUT2D eigenvalue weighted by Crippen LogP contribution is -2.30. The first kappa shape index (κ1) is 20.7. The van der Waals surface area contributed by atoms with Crippen molar-refractivity contribution in [1.29, 1.82) is 0 Å². The second-order valence-electron chi connectivity index (χ2n) is 6.35. The summed E-state index contributed by atoms with van der Waals surface area (Å²) in [6, 6.07) is 13.0. The van der Waals surface area contributed by atoms with Gasteiger partial charge in [0.1, 0.15) is 6.54 Å². The summed E-state index contributed by atoms with van der Waals surface area (Å²) in [4.78, 5) is 24.5. The molecule has 0 saturated carbocycles. The van der Waals surface area contributed by atoms with E-state index in [9.17, 15) is 18.0 Å². The number of rotatable bonds is 7. The quantitative estimate of drug-likeness (QED) is 0.638. The molecule has 3 aromatic rings. The normalized spacial score (nSPS) is 11.7. The molecule has 0 atom stereocenters. The molecular formula is C20H22N4O4S. The highest BCUT2D eigenvalue weighted by Gasteiger charge is 2.21. The third kappa shape index (κ3) is 4.36. The second kappa shape index (κ2) is 8.54. The molecule has 0 aliphatic heterocycles. The van der Waals surface area contributed by atoms with E-state index in [4.69, 9.17) is 0 Å². The maximum absolute atomic E-state index is 12.5. The van der Waals surface area contributed by atoms with Crippen LogP contribution in [0, 0.1) is 0 Å². The molecule has 0 fully saturated rings. The molecule has 0 saturated heterocycles. The number of para-hydroxylation sites is 1. The van der Waals surface area contributed by atoms with Crippen LogP contribution < -0.4 is 10.7 Å². The van der Waals surface area contributed by atoms with Gasteiger partial charge in [0.05, 0.1) is 16.6 Å². The fraction of sp³-hybridized carbons (Fsp3) is 0.250. The average molecular weight is 414 g/mol. The highest BCUT2D eigenvalue weighted by atomic mass is 32.2. The third-order valence-electron chi connectivity index (χ3n) is 4.54. The molecule has 1 N–H and O–H groups in total. The number of carbonyl (C=O) groups is 1. The summed E-state index contributed by atoms with van der Waals surface area (Å²) >= 11 is 0. The minimum absolute atomic E-state index is 0.0830. The van der Waals surface area contributed by atoms with E-state index in [2.05, 4.69) is 10.4 Å². The van der Waals surface area contributed by atoms with Crippen molar-refractivity contribution < 1.29 is 13.2 Å². The van der Waals surface area contributed by atoms with Crippen molar-refractivity contribution in [1.82, 2.24) is 14.1 Å². The van der Waals surface area contributed by atoms with Crippen LogP contribution in [0.25, 0.3) is 10.9 Å². The highest BCUT2D eigenvalue weighted by Crippen LogP contribution is 2.18. The van der Waals surface area contributed by atoms with Crippen molar-refractivity contribution in [3.05, 3.63) is 65.0 Å². The van der Waals surface area contributed by atoms with Crippen molar-refractivity contribution in [3.63, 3.8) is 0 Å². The van der Waals surface area contributed by atoms with Gasteiger partial charge in [0.25, 0.3) is 0 Å². The molecule has 2 aromatic carbocycles.